The molecule has 0 atom stereocenters. The summed E-state index contributed by atoms with van der Waals surface area (Å²) in [6, 6.07) is 19.4. The molecule has 0 spiro atoms. The number of hydrazone groups is 1. The number of nitrogens with zero attached hydrogens (tertiary/aromatic N) is 1. The highest BCUT2D eigenvalue weighted by Gasteiger charge is 2.08. The van der Waals surface area contributed by atoms with Gasteiger partial charge in [-0.3, -0.25) is 4.79 Å². The summed E-state index contributed by atoms with van der Waals surface area (Å²) >= 11 is 6.07. The molecule has 4 heteroatoms. The Morgan fingerprint density at radius 2 is 1.83 bits per heavy atom. The first-order valence-corrected chi connectivity index (χ1v) is 7.59. The van der Waals surface area contributed by atoms with Gasteiger partial charge in [0.2, 0.25) is 0 Å². The number of nitrogens with one attached hydrogen (secondary N) is 1. The second-order valence-electron chi connectivity index (χ2n) is 5.29. The highest BCUT2D eigenvalue weighted by atomic mass is 35.5. The van der Waals surface area contributed by atoms with Gasteiger partial charge in [-0.1, -0.05) is 54.1 Å². The second-order valence-corrected chi connectivity index (χ2v) is 5.70. The van der Waals surface area contributed by atoms with Crippen LogP contribution >= 0.6 is 11.6 Å². The Morgan fingerprint density at radius 1 is 1.04 bits per heavy atom. The van der Waals surface area contributed by atoms with E-state index >= 15 is 0 Å². The van der Waals surface area contributed by atoms with E-state index in [9.17, 15) is 4.79 Å². The van der Waals surface area contributed by atoms with Gasteiger partial charge in [0, 0.05) is 0 Å². The van der Waals surface area contributed by atoms with Crippen LogP contribution in [0.4, 0.5) is 0 Å². The molecule has 0 aliphatic carbocycles. The molecule has 23 heavy (non-hydrogen) atoms. The highest BCUT2D eigenvalue weighted by Crippen LogP contribution is 2.17. The quantitative estimate of drug-likeness (QED) is 0.557. The normalized spacial score (nSPS) is 11.0. The van der Waals surface area contributed by atoms with Gasteiger partial charge in [0.05, 0.1) is 16.8 Å². The minimum absolute atomic E-state index is 0.327. The topological polar surface area (TPSA) is 41.5 Å². The van der Waals surface area contributed by atoms with Crippen LogP contribution in [0.3, 0.4) is 0 Å². The van der Waals surface area contributed by atoms with E-state index in [0.29, 0.717) is 10.6 Å². The first-order chi connectivity index (χ1) is 11.1. The summed E-state index contributed by atoms with van der Waals surface area (Å²) in [5, 5.41) is 6.72. The van der Waals surface area contributed by atoms with Crippen LogP contribution in [0.5, 0.6) is 0 Å². The molecular formula is C19H15ClN2O. The van der Waals surface area contributed by atoms with E-state index < -0.39 is 0 Å². The van der Waals surface area contributed by atoms with Gasteiger partial charge >= 0.3 is 0 Å². The van der Waals surface area contributed by atoms with Crippen molar-refractivity contribution in [2.75, 3.05) is 0 Å². The summed E-state index contributed by atoms with van der Waals surface area (Å²) < 4.78 is 0. The smallest absolute Gasteiger partial charge is 0.267 e. The summed E-state index contributed by atoms with van der Waals surface area (Å²) in [5.41, 5.74) is 4.83. The molecule has 3 nitrogen and oxygen atoms in total. The van der Waals surface area contributed by atoms with Gasteiger partial charge in [0.25, 0.3) is 5.91 Å². The number of halogens is 1. The molecule has 0 aliphatic heterocycles. The van der Waals surface area contributed by atoms with Crippen LogP contribution in [0.25, 0.3) is 10.8 Å². The SMILES string of the molecule is Cc1ccc(C(=O)N/N=C\c2ccc3ccccc3c2)c(Cl)c1. The van der Waals surface area contributed by atoms with Crippen molar-refractivity contribution < 1.29 is 4.79 Å². The van der Waals surface area contributed by atoms with Crippen molar-refractivity contribution in [2.45, 2.75) is 6.92 Å². The third-order valence-corrected chi connectivity index (χ3v) is 3.84. The average Bonchev–Trinajstić information content (AvgIpc) is 2.54. The lowest BCUT2D eigenvalue weighted by molar-refractivity contribution is 0.0955. The number of fused-ring (bicyclic) bond motifs is 1. The number of rotatable bonds is 3. The summed E-state index contributed by atoms with van der Waals surface area (Å²) in [6.45, 7) is 1.92. The lowest BCUT2D eigenvalue weighted by Crippen LogP contribution is -2.18. The number of carbonyl (C=O) groups excluding carboxylic acids is 1. The molecule has 0 radical (unpaired) electrons. The number of carbonyl (C=O) groups is 1. The number of amides is 1. The summed E-state index contributed by atoms with van der Waals surface area (Å²) in [5.74, 6) is -0.327. The molecule has 0 saturated heterocycles. The third-order valence-electron chi connectivity index (χ3n) is 3.52. The zero-order valence-corrected chi connectivity index (χ0v) is 13.3. The van der Waals surface area contributed by atoms with Crippen molar-refractivity contribution in [1.82, 2.24) is 5.43 Å². The Morgan fingerprint density at radius 3 is 2.61 bits per heavy atom. The van der Waals surface area contributed by atoms with E-state index in [0.717, 1.165) is 16.5 Å². The molecule has 3 aromatic carbocycles. The fourth-order valence-corrected chi connectivity index (χ4v) is 2.64. The van der Waals surface area contributed by atoms with Gasteiger partial charge < -0.3 is 0 Å². The molecular weight excluding hydrogens is 308 g/mol. The lowest BCUT2D eigenvalue weighted by atomic mass is 10.1. The van der Waals surface area contributed by atoms with Crippen LogP contribution in [0, 0.1) is 6.92 Å². The van der Waals surface area contributed by atoms with Crippen LogP contribution in [-0.2, 0) is 0 Å². The Kier molecular flexibility index (Phi) is 4.40. The molecule has 114 valence electrons. The molecule has 0 saturated carbocycles. The standard InChI is InChI=1S/C19H15ClN2O/c1-13-6-9-17(18(20)10-13)19(23)22-21-12-14-7-8-15-4-2-3-5-16(15)11-14/h2-12H,1H3,(H,22,23)/b21-12-. The lowest BCUT2D eigenvalue weighted by Gasteiger charge is -2.03. The Balaban J connectivity index is 1.73. The average molecular weight is 323 g/mol. The molecule has 3 rings (SSSR count). The van der Waals surface area contributed by atoms with Crippen molar-refractivity contribution in [3.05, 3.63) is 82.4 Å². The van der Waals surface area contributed by atoms with Crippen LogP contribution in [0.15, 0.2) is 65.8 Å². The number of benzene rings is 3. The first-order valence-electron chi connectivity index (χ1n) is 7.22. The number of hydrogen-bond donors (Lipinski definition) is 1. The van der Waals surface area contributed by atoms with E-state index in [-0.39, 0.29) is 5.91 Å². The summed E-state index contributed by atoms with van der Waals surface area (Å²) in [4.78, 5) is 12.1. The Labute approximate surface area is 139 Å². The van der Waals surface area contributed by atoms with E-state index in [1.165, 1.54) is 5.39 Å². The molecule has 0 heterocycles. The molecule has 0 fully saturated rings. The molecule has 3 aromatic rings. The van der Waals surface area contributed by atoms with Gasteiger partial charge in [-0.25, -0.2) is 5.43 Å². The third kappa shape index (κ3) is 3.58. The van der Waals surface area contributed by atoms with Crippen molar-refractivity contribution in [3.8, 4) is 0 Å². The van der Waals surface area contributed by atoms with E-state index in [1.54, 1.807) is 18.3 Å². The largest absolute Gasteiger partial charge is 0.272 e. The molecule has 0 aromatic heterocycles. The minimum Gasteiger partial charge on any atom is -0.267 e. The van der Waals surface area contributed by atoms with Gasteiger partial charge in [-0.15, -0.1) is 0 Å². The van der Waals surface area contributed by atoms with E-state index in [4.69, 9.17) is 11.6 Å². The maximum absolute atomic E-state index is 12.1. The van der Waals surface area contributed by atoms with Crippen LogP contribution in [0.2, 0.25) is 5.02 Å². The minimum atomic E-state index is -0.327. The van der Waals surface area contributed by atoms with Crippen molar-refractivity contribution in [2.24, 2.45) is 5.10 Å². The van der Waals surface area contributed by atoms with Crippen LogP contribution in [-0.4, -0.2) is 12.1 Å². The van der Waals surface area contributed by atoms with Crippen LogP contribution < -0.4 is 5.43 Å². The summed E-state index contributed by atoms with van der Waals surface area (Å²) in [7, 11) is 0. The van der Waals surface area contributed by atoms with Crippen LogP contribution in [0.1, 0.15) is 21.5 Å². The summed E-state index contributed by atoms with van der Waals surface area (Å²) in [6.07, 6.45) is 1.62. The highest BCUT2D eigenvalue weighted by molar-refractivity contribution is 6.33. The number of aryl methyl sites for hydroxylation is 1. The molecule has 0 bridgehead atoms. The predicted molar refractivity (Wildman–Crippen MR) is 95.2 cm³/mol. The monoisotopic (exact) mass is 322 g/mol. The fourth-order valence-electron chi connectivity index (χ4n) is 2.32. The fraction of sp³-hybridized carbons (Fsp3) is 0.0526. The molecule has 0 unspecified atom stereocenters. The van der Waals surface area contributed by atoms with Crippen molar-refractivity contribution >= 4 is 34.5 Å². The molecule has 1 N–H and O–H groups in total. The zero-order chi connectivity index (χ0) is 16.2. The van der Waals surface area contributed by atoms with Gasteiger partial charge in [-0.05, 0) is 47.0 Å². The predicted octanol–water partition coefficient (Wildman–Crippen LogP) is 4.57. The maximum Gasteiger partial charge on any atom is 0.272 e. The van der Waals surface area contributed by atoms with Crippen molar-refractivity contribution in [3.63, 3.8) is 0 Å². The Bertz CT molecular complexity index is 903. The second kappa shape index (κ2) is 6.63. The number of hydrogen-bond acceptors (Lipinski definition) is 2. The van der Waals surface area contributed by atoms with Gasteiger partial charge in [0.15, 0.2) is 0 Å². The van der Waals surface area contributed by atoms with E-state index in [1.807, 2.05) is 49.4 Å². The van der Waals surface area contributed by atoms with E-state index in [2.05, 4.69) is 16.6 Å². The van der Waals surface area contributed by atoms with Crippen molar-refractivity contribution in [1.29, 1.82) is 0 Å². The first kappa shape index (κ1) is 15.3. The molecule has 1 amide bonds. The maximum atomic E-state index is 12.1. The zero-order valence-electron chi connectivity index (χ0n) is 12.6. The Hall–Kier alpha value is -2.65. The van der Waals surface area contributed by atoms with Gasteiger partial charge in [-0.2, -0.15) is 5.10 Å². The van der Waals surface area contributed by atoms with Gasteiger partial charge in [0.1, 0.15) is 0 Å². The molecule has 0 aliphatic rings.